The average Bonchev–Trinajstić information content (AvgIpc) is 2.91. The fraction of sp³-hybridized carbons (Fsp3) is 0.190. The fourth-order valence-corrected chi connectivity index (χ4v) is 3.64. The van der Waals surface area contributed by atoms with Gasteiger partial charge in [0.05, 0.1) is 11.8 Å². The van der Waals surface area contributed by atoms with E-state index in [0.29, 0.717) is 23.5 Å². The topological polar surface area (TPSA) is 80.2 Å². The maximum absolute atomic E-state index is 12.7. The molecular weight excluding hydrogens is 374 g/mol. The summed E-state index contributed by atoms with van der Waals surface area (Å²) in [7, 11) is -3.33. The van der Waals surface area contributed by atoms with Crippen molar-refractivity contribution in [1.82, 2.24) is 4.57 Å². The highest BCUT2D eigenvalue weighted by Gasteiger charge is 2.16. The minimum absolute atomic E-state index is 0.198. The predicted molar refractivity (Wildman–Crippen MR) is 112 cm³/mol. The van der Waals surface area contributed by atoms with E-state index in [9.17, 15) is 13.2 Å². The number of aromatic nitrogens is 1. The van der Waals surface area contributed by atoms with Crippen LogP contribution in [0.2, 0.25) is 0 Å². The maximum atomic E-state index is 12.7. The van der Waals surface area contributed by atoms with Crippen LogP contribution in [0.3, 0.4) is 0 Å². The highest BCUT2D eigenvalue weighted by Crippen LogP contribution is 2.20. The van der Waals surface area contributed by atoms with Crippen LogP contribution in [0.4, 0.5) is 11.4 Å². The number of aryl methyl sites for hydroxylation is 1. The Morgan fingerprint density at radius 2 is 1.57 bits per heavy atom. The Labute approximate surface area is 165 Å². The minimum atomic E-state index is -3.33. The molecule has 0 saturated carbocycles. The van der Waals surface area contributed by atoms with E-state index < -0.39 is 10.0 Å². The van der Waals surface area contributed by atoms with Crippen LogP contribution in [0.15, 0.2) is 60.7 Å². The van der Waals surface area contributed by atoms with Crippen molar-refractivity contribution in [3.8, 4) is 0 Å². The molecule has 7 heteroatoms. The number of hydrogen-bond donors (Lipinski definition) is 2. The normalized spacial score (nSPS) is 11.2. The Morgan fingerprint density at radius 1 is 0.964 bits per heavy atom. The molecule has 146 valence electrons. The van der Waals surface area contributed by atoms with E-state index >= 15 is 0 Å². The summed E-state index contributed by atoms with van der Waals surface area (Å²) in [6.45, 7) is 4.62. The number of hydrogen-bond acceptors (Lipinski definition) is 3. The van der Waals surface area contributed by atoms with Gasteiger partial charge in [-0.25, -0.2) is 8.42 Å². The average molecular weight is 398 g/mol. The first-order valence-corrected chi connectivity index (χ1v) is 10.7. The van der Waals surface area contributed by atoms with Crippen LogP contribution < -0.4 is 10.0 Å². The third kappa shape index (κ3) is 4.80. The molecule has 1 heterocycles. The lowest BCUT2D eigenvalue weighted by atomic mass is 10.2. The highest BCUT2D eigenvalue weighted by atomic mass is 32.2. The molecule has 0 saturated heterocycles. The molecule has 0 aliphatic heterocycles. The Morgan fingerprint density at radius 3 is 2.18 bits per heavy atom. The van der Waals surface area contributed by atoms with Crippen LogP contribution in [-0.4, -0.2) is 25.1 Å². The molecule has 3 aromatic rings. The van der Waals surface area contributed by atoms with Gasteiger partial charge in [0.1, 0.15) is 0 Å². The van der Waals surface area contributed by atoms with E-state index in [1.54, 1.807) is 24.3 Å². The summed E-state index contributed by atoms with van der Waals surface area (Å²) in [4.78, 5) is 12.7. The van der Waals surface area contributed by atoms with Crippen LogP contribution >= 0.6 is 0 Å². The first-order chi connectivity index (χ1) is 13.2. The molecule has 2 N–H and O–H groups in total. The largest absolute Gasteiger partial charge is 0.344 e. The summed E-state index contributed by atoms with van der Waals surface area (Å²) in [6, 6.07) is 18.5. The smallest absolute Gasteiger partial charge is 0.257 e. The molecule has 1 aromatic heterocycles. The number of nitrogens with one attached hydrogen (secondary N) is 2. The second-order valence-corrected chi connectivity index (χ2v) is 8.51. The number of nitrogens with zero attached hydrogens (tertiary/aromatic N) is 1. The van der Waals surface area contributed by atoms with Gasteiger partial charge < -0.3 is 9.88 Å². The molecule has 0 bridgehead atoms. The third-order valence-electron chi connectivity index (χ3n) is 4.45. The zero-order valence-electron chi connectivity index (χ0n) is 16.1. The molecule has 6 nitrogen and oxygen atoms in total. The van der Waals surface area contributed by atoms with Gasteiger partial charge in [-0.3, -0.25) is 9.52 Å². The Hall–Kier alpha value is -3.06. The van der Waals surface area contributed by atoms with Crippen molar-refractivity contribution in [2.75, 3.05) is 16.3 Å². The molecule has 0 atom stereocenters. The Kier molecular flexibility index (Phi) is 5.56. The van der Waals surface area contributed by atoms with Gasteiger partial charge in [-0.05, 0) is 49.7 Å². The standard InChI is InChI=1S/C21H23N3O3S/c1-15-13-20(16(2)24(15)14-17-7-5-4-6-8-17)21(25)22-18-9-11-19(12-10-18)23-28(3,26)27/h4-13,23H,14H2,1-3H3,(H,22,25). The molecule has 0 aliphatic carbocycles. The van der Waals surface area contributed by atoms with E-state index in [4.69, 9.17) is 0 Å². The van der Waals surface area contributed by atoms with Gasteiger partial charge in [0.2, 0.25) is 10.0 Å². The molecule has 0 unspecified atom stereocenters. The summed E-state index contributed by atoms with van der Waals surface area (Å²) in [5.41, 5.74) is 4.74. The third-order valence-corrected chi connectivity index (χ3v) is 5.05. The van der Waals surface area contributed by atoms with Gasteiger partial charge in [0, 0.05) is 29.3 Å². The molecule has 3 rings (SSSR count). The monoisotopic (exact) mass is 397 g/mol. The van der Waals surface area contributed by atoms with Crippen LogP contribution in [0.5, 0.6) is 0 Å². The molecule has 0 radical (unpaired) electrons. The molecule has 0 aliphatic rings. The van der Waals surface area contributed by atoms with Crippen molar-refractivity contribution >= 4 is 27.3 Å². The summed E-state index contributed by atoms with van der Waals surface area (Å²) in [5, 5.41) is 2.86. The first-order valence-electron chi connectivity index (χ1n) is 8.83. The summed E-state index contributed by atoms with van der Waals surface area (Å²) >= 11 is 0. The van der Waals surface area contributed by atoms with Gasteiger partial charge in [-0.1, -0.05) is 30.3 Å². The molecule has 0 spiro atoms. The van der Waals surface area contributed by atoms with E-state index in [2.05, 4.69) is 26.7 Å². The van der Waals surface area contributed by atoms with Crippen molar-refractivity contribution in [3.05, 3.63) is 83.2 Å². The van der Waals surface area contributed by atoms with Crippen molar-refractivity contribution in [3.63, 3.8) is 0 Å². The van der Waals surface area contributed by atoms with Crippen molar-refractivity contribution in [1.29, 1.82) is 0 Å². The first kappa shape index (κ1) is 19.7. The maximum Gasteiger partial charge on any atom is 0.257 e. The van der Waals surface area contributed by atoms with Crippen molar-refractivity contribution in [2.24, 2.45) is 0 Å². The Bertz CT molecular complexity index is 1090. The lowest BCUT2D eigenvalue weighted by Gasteiger charge is -2.10. The van der Waals surface area contributed by atoms with Gasteiger partial charge in [0.25, 0.3) is 5.91 Å². The van der Waals surface area contributed by atoms with E-state index in [1.807, 2.05) is 38.1 Å². The lowest BCUT2D eigenvalue weighted by molar-refractivity contribution is 0.102. The van der Waals surface area contributed by atoms with E-state index in [0.717, 1.165) is 17.6 Å². The summed E-state index contributed by atoms with van der Waals surface area (Å²) in [6.07, 6.45) is 1.09. The molecule has 28 heavy (non-hydrogen) atoms. The number of carbonyl (C=O) groups is 1. The second kappa shape index (κ2) is 7.90. The number of carbonyl (C=O) groups excluding carboxylic acids is 1. The summed E-state index contributed by atoms with van der Waals surface area (Å²) < 4.78 is 27.0. The number of sulfonamides is 1. The summed E-state index contributed by atoms with van der Waals surface area (Å²) in [5.74, 6) is -0.198. The van der Waals surface area contributed by atoms with Crippen molar-refractivity contribution < 1.29 is 13.2 Å². The zero-order chi connectivity index (χ0) is 20.3. The number of anilines is 2. The molecule has 1 amide bonds. The van der Waals surface area contributed by atoms with Gasteiger partial charge in [0.15, 0.2) is 0 Å². The van der Waals surface area contributed by atoms with Gasteiger partial charge >= 0.3 is 0 Å². The highest BCUT2D eigenvalue weighted by molar-refractivity contribution is 7.92. The van der Waals surface area contributed by atoms with Crippen LogP contribution in [0.1, 0.15) is 27.3 Å². The zero-order valence-corrected chi connectivity index (χ0v) is 16.9. The van der Waals surface area contributed by atoms with Crippen molar-refractivity contribution in [2.45, 2.75) is 20.4 Å². The Balaban J connectivity index is 1.75. The molecule has 0 fully saturated rings. The van der Waals surface area contributed by atoms with Crippen LogP contribution in [0, 0.1) is 13.8 Å². The van der Waals surface area contributed by atoms with E-state index in [1.165, 1.54) is 5.56 Å². The van der Waals surface area contributed by atoms with Gasteiger partial charge in [-0.2, -0.15) is 0 Å². The fourth-order valence-electron chi connectivity index (χ4n) is 3.07. The lowest BCUT2D eigenvalue weighted by Crippen LogP contribution is -2.14. The molecular formula is C21H23N3O3S. The predicted octanol–water partition coefficient (Wildman–Crippen LogP) is 3.78. The van der Waals surface area contributed by atoms with Gasteiger partial charge in [-0.15, -0.1) is 0 Å². The van der Waals surface area contributed by atoms with Crippen LogP contribution in [-0.2, 0) is 16.6 Å². The number of benzene rings is 2. The SMILES string of the molecule is Cc1cc(C(=O)Nc2ccc(NS(C)(=O)=O)cc2)c(C)n1Cc1ccccc1. The number of rotatable bonds is 6. The molecule has 2 aromatic carbocycles. The van der Waals surface area contributed by atoms with E-state index in [-0.39, 0.29) is 5.91 Å². The minimum Gasteiger partial charge on any atom is -0.344 e. The quantitative estimate of drug-likeness (QED) is 0.664. The number of amides is 1. The van der Waals surface area contributed by atoms with Crippen LogP contribution in [0.25, 0.3) is 0 Å². The second-order valence-electron chi connectivity index (χ2n) is 6.76.